The van der Waals surface area contributed by atoms with E-state index in [0.29, 0.717) is 17.2 Å². The second-order valence-electron chi connectivity index (χ2n) is 2.40. The SMILES string of the molecule is C=CN=C(N)/C(NC=CC)=C(\C)N. The highest BCUT2D eigenvalue weighted by molar-refractivity contribution is 5.97. The second-order valence-corrected chi connectivity index (χ2v) is 2.40. The fraction of sp³-hybridized carbons (Fsp3) is 0.222. The van der Waals surface area contributed by atoms with Crippen molar-refractivity contribution in [1.82, 2.24) is 5.32 Å². The molecule has 0 amide bonds. The fourth-order valence-electron chi connectivity index (χ4n) is 0.719. The summed E-state index contributed by atoms with van der Waals surface area (Å²) in [5, 5.41) is 2.92. The van der Waals surface area contributed by atoms with Gasteiger partial charge in [-0.2, -0.15) is 0 Å². The third-order valence-corrected chi connectivity index (χ3v) is 1.28. The number of allylic oxidation sites excluding steroid dienone is 2. The van der Waals surface area contributed by atoms with Crippen molar-refractivity contribution >= 4 is 5.84 Å². The van der Waals surface area contributed by atoms with Gasteiger partial charge in [-0.3, -0.25) is 0 Å². The molecule has 0 aromatic carbocycles. The van der Waals surface area contributed by atoms with Gasteiger partial charge in [0, 0.05) is 11.9 Å². The van der Waals surface area contributed by atoms with E-state index in [1.807, 2.05) is 13.0 Å². The van der Waals surface area contributed by atoms with Crippen LogP contribution in [0.4, 0.5) is 0 Å². The topological polar surface area (TPSA) is 76.4 Å². The number of amidine groups is 1. The van der Waals surface area contributed by atoms with Crippen LogP contribution in [0.25, 0.3) is 0 Å². The van der Waals surface area contributed by atoms with Crippen molar-refractivity contribution < 1.29 is 0 Å². The molecule has 0 bridgehead atoms. The smallest absolute Gasteiger partial charge is 0.148 e. The van der Waals surface area contributed by atoms with E-state index >= 15 is 0 Å². The van der Waals surface area contributed by atoms with Gasteiger partial charge in [0.25, 0.3) is 0 Å². The van der Waals surface area contributed by atoms with Gasteiger partial charge in [-0.15, -0.1) is 0 Å². The summed E-state index contributed by atoms with van der Waals surface area (Å²) in [6.07, 6.45) is 4.94. The molecule has 0 saturated carbocycles. The van der Waals surface area contributed by atoms with Gasteiger partial charge in [0.05, 0.1) is 5.70 Å². The Hall–Kier alpha value is -1.71. The first-order valence-electron chi connectivity index (χ1n) is 3.92. The molecule has 0 fully saturated rings. The number of nitrogens with two attached hydrogens (primary N) is 2. The molecule has 72 valence electrons. The van der Waals surface area contributed by atoms with Crippen LogP contribution in [-0.2, 0) is 0 Å². The molecular formula is C9H16N4. The molecule has 0 heterocycles. The van der Waals surface area contributed by atoms with Gasteiger partial charge >= 0.3 is 0 Å². The van der Waals surface area contributed by atoms with Crippen molar-refractivity contribution in [3.63, 3.8) is 0 Å². The van der Waals surface area contributed by atoms with E-state index in [-0.39, 0.29) is 0 Å². The van der Waals surface area contributed by atoms with E-state index in [1.54, 1.807) is 13.1 Å². The number of hydrogen-bond acceptors (Lipinski definition) is 3. The van der Waals surface area contributed by atoms with E-state index in [0.717, 1.165) is 0 Å². The molecular weight excluding hydrogens is 164 g/mol. The Bertz CT molecular complexity index is 257. The Morgan fingerprint density at radius 3 is 2.46 bits per heavy atom. The minimum absolute atomic E-state index is 0.327. The number of nitrogens with zero attached hydrogens (tertiary/aromatic N) is 1. The third kappa shape index (κ3) is 4.00. The van der Waals surface area contributed by atoms with Gasteiger partial charge in [-0.05, 0) is 20.0 Å². The lowest BCUT2D eigenvalue weighted by Gasteiger charge is -2.07. The molecule has 4 nitrogen and oxygen atoms in total. The van der Waals surface area contributed by atoms with Gasteiger partial charge in [0.15, 0.2) is 0 Å². The molecule has 0 aliphatic rings. The summed E-state index contributed by atoms with van der Waals surface area (Å²) in [7, 11) is 0. The maximum atomic E-state index is 5.61. The van der Waals surface area contributed by atoms with Crippen molar-refractivity contribution in [3.05, 3.63) is 36.4 Å². The molecule has 4 heteroatoms. The highest BCUT2D eigenvalue weighted by Crippen LogP contribution is 1.95. The van der Waals surface area contributed by atoms with Crippen molar-refractivity contribution in [3.8, 4) is 0 Å². The van der Waals surface area contributed by atoms with Crippen LogP contribution >= 0.6 is 0 Å². The predicted octanol–water partition coefficient (Wildman–Crippen LogP) is 0.800. The van der Waals surface area contributed by atoms with Crippen LogP contribution in [-0.4, -0.2) is 5.84 Å². The quantitative estimate of drug-likeness (QED) is 0.442. The molecule has 0 saturated heterocycles. The zero-order chi connectivity index (χ0) is 10.3. The molecule has 5 N–H and O–H groups in total. The highest BCUT2D eigenvalue weighted by Gasteiger charge is 2.01. The maximum absolute atomic E-state index is 5.61. The molecule has 0 aromatic heterocycles. The lowest BCUT2D eigenvalue weighted by atomic mass is 10.3. The molecule has 0 aliphatic carbocycles. The van der Waals surface area contributed by atoms with E-state index in [1.165, 1.54) is 6.20 Å². The molecule has 0 aromatic rings. The largest absolute Gasteiger partial charge is 0.400 e. The van der Waals surface area contributed by atoms with Crippen LogP contribution in [0.15, 0.2) is 41.4 Å². The first-order chi connectivity index (χ1) is 6.13. The molecule has 0 unspecified atom stereocenters. The zero-order valence-electron chi connectivity index (χ0n) is 8.04. The highest BCUT2D eigenvalue weighted by atomic mass is 15.0. The third-order valence-electron chi connectivity index (χ3n) is 1.28. The number of rotatable bonds is 4. The first-order valence-corrected chi connectivity index (χ1v) is 3.92. The normalized spacial score (nSPS) is 14.2. The second kappa shape index (κ2) is 5.88. The van der Waals surface area contributed by atoms with Crippen LogP contribution in [0.5, 0.6) is 0 Å². The van der Waals surface area contributed by atoms with E-state index in [9.17, 15) is 0 Å². The standard InChI is InChI=1S/C9H16N4/c1-4-6-13-8(7(3)10)9(11)12-5-2/h4-6,13H,2,10H2,1,3H3,(H2,11,12)/b6-4?,8-7-. The molecule has 13 heavy (non-hydrogen) atoms. The summed E-state index contributed by atoms with van der Waals surface area (Å²) in [6, 6.07) is 0. The Morgan fingerprint density at radius 1 is 1.46 bits per heavy atom. The number of nitrogens with one attached hydrogen (secondary N) is 1. The van der Waals surface area contributed by atoms with Gasteiger partial charge in [0.2, 0.25) is 0 Å². The van der Waals surface area contributed by atoms with E-state index < -0.39 is 0 Å². The number of aliphatic imine (C=N–C) groups is 1. The Labute approximate surface area is 78.7 Å². The van der Waals surface area contributed by atoms with Crippen LogP contribution in [0, 0.1) is 0 Å². The average molecular weight is 180 g/mol. The summed E-state index contributed by atoms with van der Waals surface area (Å²) in [5.41, 5.74) is 12.4. The van der Waals surface area contributed by atoms with E-state index in [4.69, 9.17) is 11.5 Å². The average Bonchev–Trinajstić information content (AvgIpc) is 2.05. The van der Waals surface area contributed by atoms with Crippen LogP contribution in [0.1, 0.15) is 13.8 Å². The minimum Gasteiger partial charge on any atom is -0.400 e. The Kier molecular flexibility index (Phi) is 5.11. The lowest BCUT2D eigenvalue weighted by Crippen LogP contribution is -2.26. The lowest BCUT2D eigenvalue weighted by molar-refractivity contribution is 1.06. The predicted molar refractivity (Wildman–Crippen MR) is 56.7 cm³/mol. The van der Waals surface area contributed by atoms with Crippen LogP contribution in [0.2, 0.25) is 0 Å². The maximum Gasteiger partial charge on any atom is 0.148 e. The summed E-state index contributed by atoms with van der Waals surface area (Å²) >= 11 is 0. The minimum atomic E-state index is 0.327. The van der Waals surface area contributed by atoms with Crippen molar-refractivity contribution in [2.24, 2.45) is 16.5 Å². The van der Waals surface area contributed by atoms with Gasteiger partial charge in [0.1, 0.15) is 5.84 Å². The van der Waals surface area contributed by atoms with Gasteiger partial charge < -0.3 is 16.8 Å². The monoisotopic (exact) mass is 180 g/mol. The van der Waals surface area contributed by atoms with Crippen LogP contribution < -0.4 is 16.8 Å². The number of hydrogen-bond donors (Lipinski definition) is 3. The Morgan fingerprint density at radius 2 is 2.08 bits per heavy atom. The molecule has 0 aliphatic heterocycles. The molecule has 0 atom stereocenters. The summed E-state index contributed by atoms with van der Waals surface area (Å²) < 4.78 is 0. The Balaban J connectivity index is 4.73. The van der Waals surface area contributed by atoms with Crippen LogP contribution in [0.3, 0.4) is 0 Å². The molecule has 0 rings (SSSR count). The first kappa shape index (κ1) is 11.3. The zero-order valence-corrected chi connectivity index (χ0v) is 8.04. The summed E-state index contributed by atoms with van der Waals surface area (Å²) in [5.74, 6) is 0.327. The van der Waals surface area contributed by atoms with Gasteiger partial charge in [-0.25, -0.2) is 4.99 Å². The fourth-order valence-corrected chi connectivity index (χ4v) is 0.719. The summed E-state index contributed by atoms with van der Waals surface area (Å²) in [4.78, 5) is 3.82. The van der Waals surface area contributed by atoms with Gasteiger partial charge in [-0.1, -0.05) is 12.7 Å². The molecule has 0 spiro atoms. The van der Waals surface area contributed by atoms with Crippen molar-refractivity contribution in [2.75, 3.05) is 0 Å². The molecule has 0 radical (unpaired) electrons. The van der Waals surface area contributed by atoms with E-state index in [2.05, 4.69) is 16.9 Å². The summed E-state index contributed by atoms with van der Waals surface area (Å²) in [6.45, 7) is 7.08. The van der Waals surface area contributed by atoms with Crippen molar-refractivity contribution in [1.29, 1.82) is 0 Å². The van der Waals surface area contributed by atoms with Crippen molar-refractivity contribution in [2.45, 2.75) is 13.8 Å².